The average Bonchev–Trinajstić information content (AvgIpc) is 2.45. The molecule has 1 aromatic carbocycles. The van der Waals surface area contributed by atoms with E-state index < -0.39 is 0 Å². The molecule has 1 amide bonds. The van der Waals surface area contributed by atoms with Crippen LogP contribution in [0.5, 0.6) is 5.75 Å². The van der Waals surface area contributed by atoms with E-state index in [4.69, 9.17) is 27.9 Å². The van der Waals surface area contributed by atoms with Gasteiger partial charge in [0, 0.05) is 5.56 Å². The van der Waals surface area contributed by atoms with Crippen molar-refractivity contribution < 1.29 is 13.9 Å². The number of pyridine rings is 1. The number of benzene rings is 1. The molecule has 1 heterocycles. The Hall–Kier alpha value is -1.85. The van der Waals surface area contributed by atoms with Crippen molar-refractivity contribution in [2.24, 2.45) is 0 Å². The zero-order valence-electron chi connectivity index (χ0n) is 11.6. The predicted octanol–water partition coefficient (Wildman–Crippen LogP) is 3.72. The summed E-state index contributed by atoms with van der Waals surface area (Å²) in [6, 6.07) is 8.24. The molecule has 1 aromatic heterocycles. The standard InChI is InChI=1S/C15H13Cl2FN2O2/c1-9(8-22-12-4-2-11(18)3-5-12)19-15(21)10-6-13(16)20-14(17)7-10/h2-7,9H,8H2,1H3,(H,19,21). The van der Waals surface area contributed by atoms with Gasteiger partial charge < -0.3 is 10.1 Å². The van der Waals surface area contributed by atoms with Gasteiger partial charge in [0.1, 0.15) is 28.5 Å². The molecule has 2 aromatic rings. The van der Waals surface area contributed by atoms with Gasteiger partial charge in [0.05, 0.1) is 6.04 Å². The van der Waals surface area contributed by atoms with E-state index in [0.717, 1.165) is 0 Å². The molecule has 0 aliphatic heterocycles. The SMILES string of the molecule is CC(COc1ccc(F)cc1)NC(=O)c1cc(Cl)nc(Cl)c1. The highest BCUT2D eigenvalue weighted by Crippen LogP contribution is 2.15. The van der Waals surface area contributed by atoms with E-state index in [1.54, 1.807) is 6.92 Å². The number of hydrogen-bond acceptors (Lipinski definition) is 3. The number of nitrogens with zero attached hydrogens (tertiary/aromatic N) is 1. The largest absolute Gasteiger partial charge is 0.491 e. The van der Waals surface area contributed by atoms with Crippen LogP contribution in [0, 0.1) is 5.82 Å². The Kier molecular flexibility index (Phi) is 5.57. The van der Waals surface area contributed by atoms with Crippen molar-refractivity contribution in [2.75, 3.05) is 6.61 Å². The van der Waals surface area contributed by atoms with Crippen molar-refractivity contribution in [1.29, 1.82) is 0 Å². The number of hydrogen-bond donors (Lipinski definition) is 1. The summed E-state index contributed by atoms with van der Waals surface area (Å²) < 4.78 is 18.2. The topological polar surface area (TPSA) is 51.2 Å². The van der Waals surface area contributed by atoms with Crippen molar-refractivity contribution in [2.45, 2.75) is 13.0 Å². The molecular formula is C15H13Cl2FN2O2. The normalized spacial score (nSPS) is 11.8. The maximum atomic E-state index is 12.8. The molecule has 116 valence electrons. The number of halogens is 3. The van der Waals surface area contributed by atoms with Crippen LogP contribution in [0.1, 0.15) is 17.3 Å². The van der Waals surface area contributed by atoms with E-state index in [9.17, 15) is 9.18 Å². The molecular weight excluding hydrogens is 330 g/mol. The van der Waals surface area contributed by atoms with Gasteiger partial charge in [0.2, 0.25) is 0 Å². The van der Waals surface area contributed by atoms with Crippen molar-refractivity contribution >= 4 is 29.1 Å². The fourth-order valence-corrected chi connectivity index (χ4v) is 2.16. The Morgan fingerprint density at radius 2 is 1.86 bits per heavy atom. The predicted molar refractivity (Wildman–Crippen MR) is 83.1 cm³/mol. The number of amides is 1. The molecule has 0 saturated carbocycles. The first-order valence-electron chi connectivity index (χ1n) is 6.46. The van der Waals surface area contributed by atoms with E-state index >= 15 is 0 Å². The van der Waals surface area contributed by atoms with Crippen LogP contribution in [-0.4, -0.2) is 23.5 Å². The minimum Gasteiger partial charge on any atom is -0.491 e. The Morgan fingerprint density at radius 3 is 2.45 bits per heavy atom. The molecule has 1 atom stereocenters. The fourth-order valence-electron chi connectivity index (χ4n) is 1.70. The van der Waals surface area contributed by atoms with Crippen LogP contribution in [0.15, 0.2) is 36.4 Å². The van der Waals surface area contributed by atoms with Gasteiger partial charge in [0.15, 0.2) is 0 Å². The van der Waals surface area contributed by atoms with Crippen molar-refractivity contribution in [3.8, 4) is 5.75 Å². The summed E-state index contributed by atoms with van der Waals surface area (Å²) in [5.41, 5.74) is 0.318. The lowest BCUT2D eigenvalue weighted by atomic mass is 10.2. The van der Waals surface area contributed by atoms with Gasteiger partial charge >= 0.3 is 0 Å². The number of aromatic nitrogens is 1. The van der Waals surface area contributed by atoms with Gasteiger partial charge in [-0.2, -0.15) is 0 Å². The molecule has 0 saturated heterocycles. The number of rotatable bonds is 5. The molecule has 1 unspecified atom stereocenters. The Balaban J connectivity index is 1.89. The summed E-state index contributed by atoms with van der Waals surface area (Å²) in [6.07, 6.45) is 0. The summed E-state index contributed by atoms with van der Waals surface area (Å²) in [6.45, 7) is 2.02. The zero-order valence-corrected chi connectivity index (χ0v) is 13.2. The first kappa shape index (κ1) is 16.5. The Morgan fingerprint density at radius 1 is 1.27 bits per heavy atom. The fraction of sp³-hybridized carbons (Fsp3) is 0.200. The highest BCUT2D eigenvalue weighted by molar-refractivity contribution is 6.33. The minimum atomic E-state index is -0.333. The molecule has 0 aliphatic carbocycles. The van der Waals surface area contributed by atoms with Gasteiger partial charge in [0.25, 0.3) is 5.91 Å². The lowest BCUT2D eigenvalue weighted by Gasteiger charge is -2.15. The molecule has 1 N–H and O–H groups in total. The second-order valence-corrected chi connectivity index (χ2v) is 5.42. The van der Waals surface area contributed by atoms with Crippen LogP contribution in [0.3, 0.4) is 0 Å². The van der Waals surface area contributed by atoms with E-state index in [1.165, 1.54) is 36.4 Å². The number of carbonyl (C=O) groups excluding carboxylic acids is 1. The van der Waals surface area contributed by atoms with Gasteiger partial charge in [-0.05, 0) is 43.3 Å². The third kappa shape index (κ3) is 4.86. The summed E-state index contributed by atoms with van der Waals surface area (Å²) in [5, 5.41) is 3.04. The third-order valence-electron chi connectivity index (χ3n) is 2.72. The second kappa shape index (κ2) is 7.42. The van der Waals surface area contributed by atoms with Gasteiger partial charge in [-0.25, -0.2) is 9.37 Å². The lowest BCUT2D eigenvalue weighted by molar-refractivity contribution is 0.0926. The Bertz CT molecular complexity index is 645. The second-order valence-electron chi connectivity index (χ2n) is 4.64. The van der Waals surface area contributed by atoms with Crippen LogP contribution in [-0.2, 0) is 0 Å². The minimum absolute atomic E-state index is 0.146. The first-order valence-corrected chi connectivity index (χ1v) is 7.22. The third-order valence-corrected chi connectivity index (χ3v) is 3.10. The van der Waals surface area contributed by atoms with Crippen molar-refractivity contribution in [3.63, 3.8) is 0 Å². The number of carbonyl (C=O) groups is 1. The molecule has 0 spiro atoms. The average molecular weight is 343 g/mol. The first-order chi connectivity index (χ1) is 10.4. The molecule has 0 aliphatic rings. The van der Waals surface area contributed by atoms with Gasteiger partial charge in [-0.15, -0.1) is 0 Å². The summed E-state index contributed by atoms with van der Waals surface area (Å²) >= 11 is 11.5. The molecule has 7 heteroatoms. The van der Waals surface area contributed by atoms with E-state index in [1.807, 2.05) is 0 Å². The lowest BCUT2D eigenvalue weighted by Crippen LogP contribution is -2.36. The van der Waals surface area contributed by atoms with Crippen LogP contribution in [0.25, 0.3) is 0 Å². The van der Waals surface area contributed by atoms with Crippen LogP contribution < -0.4 is 10.1 Å². The highest BCUT2D eigenvalue weighted by atomic mass is 35.5. The summed E-state index contributed by atoms with van der Waals surface area (Å²) in [5.74, 6) is -0.140. The maximum absolute atomic E-state index is 12.8. The van der Waals surface area contributed by atoms with Crippen LogP contribution in [0.4, 0.5) is 4.39 Å². The van der Waals surface area contributed by atoms with E-state index in [2.05, 4.69) is 10.3 Å². The monoisotopic (exact) mass is 342 g/mol. The van der Waals surface area contributed by atoms with Gasteiger partial charge in [-0.3, -0.25) is 4.79 Å². The molecule has 2 rings (SSSR count). The quantitative estimate of drug-likeness (QED) is 0.842. The van der Waals surface area contributed by atoms with Crippen LogP contribution in [0.2, 0.25) is 10.3 Å². The Labute approximate surface area is 137 Å². The molecule has 0 radical (unpaired) electrons. The highest BCUT2D eigenvalue weighted by Gasteiger charge is 2.12. The van der Waals surface area contributed by atoms with Gasteiger partial charge in [-0.1, -0.05) is 23.2 Å². The van der Waals surface area contributed by atoms with Crippen molar-refractivity contribution in [1.82, 2.24) is 10.3 Å². The summed E-state index contributed by atoms with van der Waals surface area (Å²) in [4.78, 5) is 15.8. The number of nitrogens with one attached hydrogen (secondary N) is 1. The van der Waals surface area contributed by atoms with Crippen molar-refractivity contribution in [3.05, 3.63) is 58.1 Å². The molecule has 0 bridgehead atoms. The number of ether oxygens (including phenoxy) is 1. The molecule has 22 heavy (non-hydrogen) atoms. The maximum Gasteiger partial charge on any atom is 0.251 e. The smallest absolute Gasteiger partial charge is 0.251 e. The molecule has 0 fully saturated rings. The summed E-state index contributed by atoms with van der Waals surface area (Å²) in [7, 11) is 0. The molecule has 4 nitrogen and oxygen atoms in total. The van der Waals surface area contributed by atoms with E-state index in [0.29, 0.717) is 11.3 Å². The van der Waals surface area contributed by atoms with E-state index in [-0.39, 0.29) is 34.7 Å². The van der Waals surface area contributed by atoms with Crippen LogP contribution >= 0.6 is 23.2 Å². The zero-order chi connectivity index (χ0) is 16.1.